The van der Waals surface area contributed by atoms with Crippen molar-refractivity contribution < 1.29 is 55.3 Å². The Balaban J connectivity index is 0.00000736. The average molecular weight is 705 g/mol. The van der Waals surface area contributed by atoms with Gasteiger partial charge in [-0.15, -0.1) is 0 Å². The van der Waals surface area contributed by atoms with E-state index in [9.17, 15) is 23.7 Å². The number of methoxy groups -OCH3 is 1. The van der Waals surface area contributed by atoms with E-state index in [0.29, 0.717) is 6.42 Å². The molecule has 1 aliphatic rings. The van der Waals surface area contributed by atoms with Crippen molar-refractivity contribution in [2.45, 2.75) is 65.0 Å². The van der Waals surface area contributed by atoms with E-state index >= 15 is 0 Å². The Morgan fingerprint density at radius 1 is 1.26 bits per heavy atom. The number of carbonyl (C=O) groups is 2. The summed E-state index contributed by atoms with van der Waals surface area (Å²) in [6.45, 7) is 6.29. The van der Waals surface area contributed by atoms with Gasteiger partial charge in [0.15, 0.2) is 11.2 Å². The molecule has 1 fully saturated rings. The zero-order valence-electron chi connectivity index (χ0n) is 26.0. The van der Waals surface area contributed by atoms with Gasteiger partial charge in [0.05, 0.1) is 32.5 Å². The van der Waals surface area contributed by atoms with Crippen LogP contribution in [0.3, 0.4) is 0 Å². The first-order chi connectivity index (χ1) is 21.2. The summed E-state index contributed by atoms with van der Waals surface area (Å²) in [6.07, 6.45) is -0.164. The van der Waals surface area contributed by atoms with Crippen molar-refractivity contribution in [1.82, 2.24) is 9.55 Å². The highest BCUT2D eigenvalue weighted by molar-refractivity contribution is 8.13. The highest BCUT2D eigenvalue weighted by Gasteiger charge is 2.39. The van der Waals surface area contributed by atoms with Gasteiger partial charge in [-0.25, -0.2) is 14.2 Å². The zero-order valence-corrected chi connectivity index (χ0v) is 28.5. The summed E-state index contributed by atoms with van der Waals surface area (Å²) in [4.78, 5) is 53.3. The van der Waals surface area contributed by atoms with Crippen LogP contribution in [0.25, 0.3) is 10.4 Å². The molecule has 0 amide bonds. The van der Waals surface area contributed by atoms with Crippen molar-refractivity contribution in [2.75, 3.05) is 26.1 Å². The number of nitrogens with zero attached hydrogens (tertiary/aromatic N) is 4. The maximum Gasteiger partial charge on any atom is 0.530 e. The van der Waals surface area contributed by atoms with E-state index in [1.54, 1.807) is 32.9 Å². The third-order valence-electron chi connectivity index (χ3n) is 6.59. The van der Waals surface area contributed by atoms with Crippen molar-refractivity contribution in [3.63, 3.8) is 0 Å². The molecule has 1 unspecified atom stereocenters. The molecule has 19 heteroatoms. The summed E-state index contributed by atoms with van der Waals surface area (Å²) < 4.78 is 42.6. The van der Waals surface area contributed by atoms with Crippen LogP contribution in [-0.4, -0.2) is 64.9 Å². The molecule has 254 valence electrons. The monoisotopic (exact) mass is 704 g/mol. The van der Waals surface area contributed by atoms with Gasteiger partial charge in [-0.2, -0.15) is 0 Å². The van der Waals surface area contributed by atoms with Crippen LogP contribution in [0, 0.1) is 12.3 Å². The Morgan fingerprint density at radius 2 is 1.93 bits per heavy atom. The van der Waals surface area contributed by atoms with Gasteiger partial charge in [0, 0.05) is 40.7 Å². The quantitative estimate of drug-likeness (QED) is 0.0646. The fourth-order valence-corrected chi connectivity index (χ4v) is 6.24. The summed E-state index contributed by atoms with van der Waals surface area (Å²) >= 11 is 1.02. The number of azide groups is 1. The van der Waals surface area contributed by atoms with Crippen LogP contribution in [-0.2, 0) is 39.1 Å². The number of halogens is 1. The lowest BCUT2D eigenvalue weighted by atomic mass is 10.00. The number of phosphoric acid groups is 1. The number of nitrogens with one attached hydrogen (secondary N) is 1. The van der Waals surface area contributed by atoms with Gasteiger partial charge in [0.1, 0.15) is 12.0 Å². The zero-order chi connectivity index (χ0) is 33.4. The van der Waals surface area contributed by atoms with E-state index in [1.165, 1.54) is 36.9 Å². The van der Waals surface area contributed by atoms with E-state index < -0.39 is 61.5 Å². The molecule has 1 aromatic heterocycles. The lowest BCUT2D eigenvalue weighted by molar-refractivity contribution is -0.407. The number of ether oxygens (including phenoxy) is 2. The molecule has 1 aromatic carbocycles. The molecule has 0 saturated carbocycles. The molecule has 2 heterocycles. The van der Waals surface area contributed by atoms with Crippen molar-refractivity contribution in [2.24, 2.45) is 10.5 Å². The molecule has 1 aliphatic heterocycles. The Hall–Kier alpha value is -3.14. The molecule has 2 aromatic rings. The van der Waals surface area contributed by atoms with Crippen LogP contribution in [0.15, 0.2) is 45.2 Å². The van der Waals surface area contributed by atoms with Crippen LogP contribution in [0.4, 0.5) is 0 Å². The summed E-state index contributed by atoms with van der Waals surface area (Å²) in [6, 6.07) is 4.91. The molecule has 0 aliphatic carbocycles. The van der Waals surface area contributed by atoms with Crippen LogP contribution in [0.5, 0.6) is 5.75 Å². The maximum absolute atomic E-state index is 13.8. The van der Waals surface area contributed by atoms with Gasteiger partial charge in [-0.3, -0.25) is 28.2 Å². The minimum absolute atomic E-state index is 0. The number of hydrogen-bond acceptors (Lipinski definition) is 12. The van der Waals surface area contributed by atoms with Gasteiger partial charge in [0.25, 0.3) is 5.56 Å². The highest BCUT2D eigenvalue weighted by Crippen LogP contribution is 2.50. The van der Waals surface area contributed by atoms with Crippen molar-refractivity contribution in [1.29, 1.82) is 0 Å². The molecular formula is C27H38ClN6O10PS. The van der Waals surface area contributed by atoms with Gasteiger partial charge in [0.2, 0.25) is 0 Å². The van der Waals surface area contributed by atoms with Crippen molar-refractivity contribution >= 4 is 30.7 Å². The highest BCUT2D eigenvalue weighted by atomic mass is 35.5. The number of rotatable bonds is 14. The normalized spacial score (nSPS) is 19.7. The Bertz CT molecular complexity index is 1570. The summed E-state index contributed by atoms with van der Waals surface area (Å²) in [7, 11) is -3.08. The first kappa shape index (κ1) is 39.0. The lowest BCUT2D eigenvalue weighted by Gasteiger charge is -2.22. The van der Waals surface area contributed by atoms with Gasteiger partial charge in [-0.05, 0) is 30.2 Å². The number of esters is 1. The van der Waals surface area contributed by atoms with Gasteiger partial charge in [-0.1, -0.05) is 49.8 Å². The van der Waals surface area contributed by atoms with E-state index in [2.05, 4.69) is 20.7 Å². The van der Waals surface area contributed by atoms with Gasteiger partial charge >= 0.3 is 19.5 Å². The molecule has 3 rings (SSSR count). The largest absolute Gasteiger partial charge is 1.00 e. The molecule has 4 N–H and O–H groups in total. The molecule has 0 spiro atoms. The number of hydrogen-bond donors (Lipinski definition) is 2. The predicted octanol–water partition coefficient (Wildman–Crippen LogP) is -0.332. The second-order valence-electron chi connectivity index (χ2n) is 11.2. The Kier molecular flexibility index (Phi) is 14.5. The first-order valence-electron chi connectivity index (χ1n) is 13.9. The van der Waals surface area contributed by atoms with Crippen LogP contribution < -0.4 is 33.9 Å². The number of aryl methyl sites for hydroxylation is 1. The smallest absolute Gasteiger partial charge is 0.530 e. The van der Waals surface area contributed by atoms with E-state index in [1.807, 2.05) is 0 Å². The number of thioether (sulfide) groups is 1. The van der Waals surface area contributed by atoms with Crippen molar-refractivity contribution in [3.05, 3.63) is 72.9 Å². The molecule has 46 heavy (non-hydrogen) atoms. The maximum atomic E-state index is 13.8. The summed E-state index contributed by atoms with van der Waals surface area (Å²) in [5.41, 5.74) is 12.1. The Labute approximate surface area is 275 Å². The number of H-pyrrole nitrogens is 1. The van der Waals surface area contributed by atoms with Crippen molar-refractivity contribution in [3.8, 4) is 5.75 Å². The van der Waals surface area contributed by atoms with Crippen LogP contribution >= 0.6 is 19.6 Å². The fraction of sp³-hybridized carbons (Fsp3) is 0.556. The third-order valence-corrected chi connectivity index (χ3v) is 9.24. The van der Waals surface area contributed by atoms with Crippen LogP contribution in [0.1, 0.15) is 44.5 Å². The van der Waals surface area contributed by atoms with E-state index in [4.69, 9.17) is 28.6 Å². The second-order valence-corrected chi connectivity index (χ2v) is 13.9. The Morgan fingerprint density at radius 3 is 2.54 bits per heavy atom. The second kappa shape index (κ2) is 17.1. The standard InChI is InChI=1S/C27H37N6O10PS.ClH/c1-16-14-33(26(37)30-23(16)34)22-13-20(31-32-29)21(42-22)15-41-44(38,40-10-11-45-25(36)27(2,3)4)43-18-8-6-17(7-9-18)12-19(28)24(35)39-5;/h6-9,14,19-22H,10-13,15,28H2,1-5H3,(H,30,34,37);1H/t19-,20-,21+,22+,44?;/m0./s1. The van der Waals surface area contributed by atoms with Crippen LogP contribution in [0.2, 0.25) is 0 Å². The number of phosphoric ester groups is 1. The third kappa shape index (κ3) is 11.0. The van der Waals surface area contributed by atoms with Gasteiger partial charge < -0.3 is 32.1 Å². The molecule has 0 radical (unpaired) electrons. The minimum atomic E-state index is -4.36. The lowest BCUT2D eigenvalue weighted by Crippen LogP contribution is -3.00. The number of carbonyl (C=O) groups excluding carboxylic acids is 2. The summed E-state index contributed by atoms with van der Waals surface area (Å²) in [5, 5.41) is 3.66. The number of aromatic amines is 1. The number of quaternary nitrogens is 1. The molecule has 0 bridgehead atoms. The summed E-state index contributed by atoms with van der Waals surface area (Å²) in [5.74, 6) is -0.159. The molecule has 1 saturated heterocycles. The van der Waals surface area contributed by atoms with E-state index in [0.717, 1.165) is 17.3 Å². The molecule has 5 atom stereocenters. The minimum Gasteiger partial charge on any atom is -1.00 e. The number of aromatic nitrogens is 2. The number of benzene rings is 1. The topological polar surface area (TPSA) is 229 Å². The molecule has 16 nitrogen and oxygen atoms in total. The fourth-order valence-electron chi connectivity index (χ4n) is 4.13. The SMILES string of the molecule is COC(=O)[C@@H]([NH3+])Cc1ccc(OP(=O)(OCCSC(=O)C(C)(C)C)OC[C@H]2O[C@@H](n3cc(C)c(=O)[nH]c3=O)C[C@@H]2N=[N+]=[N-])cc1.[Cl-]. The average Bonchev–Trinajstić information content (AvgIpc) is 3.38. The first-order valence-corrected chi connectivity index (χ1v) is 16.4. The van der Waals surface area contributed by atoms with E-state index in [-0.39, 0.29) is 47.6 Å². The predicted molar refractivity (Wildman–Crippen MR) is 163 cm³/mol. The molecular weight excluding hydrogens is 667 g/mol.